The molecule has 0 spiro atoms. The van der Waals surface area contributed by atoms with Gasteiger partial charge in [0, 0.05) is 69.0 Å². The van der Waals surface area contributed by atoms with Gasteiger partial charge in [-0.2, -0.15) is 4.98 Å². The van der Waals surface area contributed by atoms with Gasteiger partial charge in [0.1, 0.15) is 11.5 Å². The van der Waals surface area contributed by atoms with Crippen LogP contribution in [0.25, 0.3) is 11.0 Å². The van der Waals surface area contributed by atoms with E-state index in [-0.39, 0.29) is 34.8 Å². The Kier molecular flexibility index (Phi) is 10.6. The average molecular weight is 760 g/mol. The van der Waals surface area contributed by atoms with E-state index in [1.165, 1.54) is 31.9 Å². The number of amides is 2. The number of Topliss-reactive ketones (excluding diaryl/α,β-unsaturated/α-hetero) is 1. The summed E-state index contributed by atoms with van der Waals surface area (Å²) in [6.45, 7) is 12.3. The number of aromatic nitrogens is 4. The lowest BCUT2D eigenvalue weighted by Crippen LogP contribution is -2.49. The highest BCUT2D eigenvalue weighted by atomic mass is 16.2. The van der Waals surface area contributed by atoms with Crippen LogP contribution in [0.15, 0.2) is 53.6 Å². The normalized spacial score (nSPS) is 21.5. The number of benzene rings is 1. The molecule has 56 heavy (non-hydrogen) atoms. The number of hydrogen-bond acceptors (Lipinski definition) is 11. The van der Waals surface area contributed by atoms with Gasteiger partial charge in [-0.1, -0.05) is 25.0 Å². The van der Waals surface area contributed by atoms with Crippen molar-refractivity contribution in [2.75, 3.05) is 60.9 Å². The second kappa shape index (κ2) is 15.8. The predicted molar refractivity (Wildman–Crippen MR) is 218 cm³/mol. The fourth-order valence-electron chi connectivity index (χ4n) is 9.26. The molecule has 3 saturated heterocycles. The molecule has 1 aromatic carbocycles. The molecule has 3 aromatic heterocycles. The molecule has 4 aromatic rings. The van der Waals surface area contributed by atoms with Crippen LogP contribution in [0.2, 0.25) is 0 Å². The molecule has 1 saturated carbocycles. The van der Waals surface area contributed by atoms with E-state index in [0.717, 1.165) is 94.1 Å². The van der Waals surface area contributed by atoms with Gasteiger partial charge in [0.25, 0.3) is 5.56 Å². The first-order chi connectivity index (χ1) is 27.1. The Hall–Kier alpha value is -5.17. The molecule has 294 valence electrons. The zero-order chi connectivity index (χ0) is 39.0. The Morgan fingerprint density at radius 3 is 2.23 bits per heavy atom. The number of imide groups is 1. The summed E-state index contributed by atoms with van der Waals surface area (Å²) in [6, 6.07) is 12.4. The summed E-state index contributed by atoms with van der Waals surface area (Å²) in [5.41, 5.74) is 3.76. The van der Waals surface area contributed by atoms with Crippen molar-refractivity contribution in [3.63, 3.8) is 0 Å². The third kappa shape index (κ3) is 7.53. The summed E-state index contributed by atoms with van der Waals surface area (Å²) in [5.74, 6) is 1.10. The lowest BCUT2D eigenvalue weighted by molar-refractivity contribution is -0.137. The molecule has 0 bridgehead atoms. The number of fused-ring (bicyclic) bond motifs is 1. The molecule has 1 aliphatic carbocycles. The average Bonchev–Trinajstić information content (AvgIpc) is 3.74. The molecular weight excluding hydrogens is 707 g/mol. The summed E-state index contributed by atoms with van der Waals surface area (Å²) >= 11 is 0. The fourth-order valence-corrected chi connectivity index (χ4v) is 9.26. The second-order valence-corrected chi connectivity index (χ2v) is 16.4. The third-order valence-electron chi connectivity index (χ3n) is 12.9. The molecule has 6 heterocycles. The zero-order valence-corrected chi connectivity index (χ0v) is 32.9. The summed E-state index contributed by atoms with van der Waals surface area (Å²) in [7, 11) is 0. The number of anilines is 4. The number of carbonyl (C=O) groups excluding carboxylic acids is 3. The van der Waals surface area contributed by atoms with Gasteiger partial charge in [0.15, 0.2) is 5.78 Å². The molecule has 0 radical (unpaired) electrons. The summed E-state index contributed by atoms with van der Waals surface area (Å²) < 4.78 is 1.73. The first-order valence-electron chi connectivity index (χ1n) is 20.4. The number of piperidine rings is 2. The molecule has 13 nitrogen and oxygen atoms in total. The molecule has 13 heteroatoms. The molecule has 1 atom stereocenters. The van der Waals surface area contributed by atoms with Crippen molar-refractivity contribution in [1.29, 1.82) is 0 Å². The number of ketones is 1. The molecular formula is C43H53N9O4. The number of pyridine rings is 2. The molecule has 3 aliphatic heterocycles. The molecule has 8 rings (SSSR count). The molecule has 0 unspecified atom stereocenters. The molecule has 2 amide bonds. The van der Waals surface area contributed by atoms with Crippen molar-refractivity contribution in [3.8, 4) is 0 Å². The minimum atomic E-state index is -0.659. The van der Waals surface area contributed by atoms with E-state index < -0.39 is 5.41 Å². The number of nitrogens with one attached hydrogen (secondary N) is 2. The van der Waals surface area contributed by atoms with E-state index in [9.17, 15) is 19.2 Å². The van der Waals surface area contributed by atoms with Gasteiger partial charge in [-0.05, 0) is 107 Å². The lowest BCUT2D eigenvalue weighted by atomic mass is 9.75. The second-order valence-electron chi connectivity index (χ2n) is 16.4. The van der Waals surface area contributed by atoms with Gasteiger partial charge in [0.05, 0.1) is 22.9 Å². The van der Waals surface area contributed by atoms with Crippen LogP contribution in [0.1, 0.15) is 99.2 Å². The van der Waals surface area contributed by atoms with Gasteiger partial charge in [-0.25, -0.2) is 9.97 Å². The van der Waals surface area contributed by atoms with E-state index in [1.807, 2.05) is 19.2 Å². The highest BCUT2D eigenvalue weighted by Gasteiger charge is 2.40. The summed E-state index contributed by atoms with van der Waals surface area (Å²) in [6.07, 6.45) is 12.0. The maximum atomic E-state index is 13.6. The van der Waals surface area contributed by atoms with Gasteiger partial charge < -0.3 is 15.1 Å². The van der Waals surface area contributed by atoms with E-state index in [0.29, 0.717) is 35.8 Å². The third-order valence-corrected chi connectivity index (χ3v) is 12.9. The van der Waals surface area contributed by atoms with Crippen LogP contribution in [0.5, 0.6) is 0 Å². The van der Waals surface area contributed by atoms with Crippen molar-refractivity contribution in [1.82, 2.24) is 29.7 Å². The lowest BCUT2D eigenvalue weighted by Gasteiger charge is -2.38. The van der Waals surface area contributed by atoms with Crippen molar-refractivity contribution in [2.24, 2.45) is 5.92 Å². The maximum Gasteiger partial charge on any atom is 0.263 e. The van der Waals surface area contributed by atoms with Crippen molar-refractivity contribution >= 4 is 51.8 Å². The molecule has 2 N–H and O–H groups in total. The van der Waals surface area contributed by atoms with Gasteiger partial charge in [0.2, 0.25) is 17.8 Å². The predicted octanol–water partition coefficient (Wildman–Crippen LogP) is 5.68. The number of nitrogens with zero attached hydrogens (tertiary/aromatic N) is 7. The Balaban J connectivity index is 0.809. The van der Waals surface area contributed by atoms with Crippen LogP contribution in [-0.4, -0.2) is 87.8 Å². The first kappa shape index (κ1) is 37.7. The summed E-state index contributed by atoms with van der Waals surface area (Å²) in [5, 5.41) is 6.47. The van der Waals surface area contributed by atoms with E-state index >= 15 is 0 Å². The maximum absolute atomic E-state index is 13.6. The highest BCUT2D eigenvalue weighted by molar-refractivity contribution is 6.03. The standard InChI is InChI=1S/C43H53N9O4/c1-28-35-27-45-42(48-39(35)52(33-6-4-5-7-33)40(55)38(28)29(2)53)46-36-13-12-34(26-44-36)51-24-22-49(23-25-51)19-15-30-16-20-50(21-17-30)32-10-8-31(9-11-32)43(3)18-14-37(54)47-41(43)56/h8-13,26-27,30,33H,4-7,14-25H2,1-3H3,(H,47,54,56)(H,44,45,46,48)/t43-/m1/s1. The van der Waals surface area contributed by atoms with E-state index in [2.05, 4.69) is 65.6 Å². The monoisotopic (exact) mass is 759 g/mol. The van der Waals surface area contributed by atoms with Crippen LogP contribution in [0.4, 0.5) is 23.1 Å². The smallest absolute Gasteiger partial charge is 0.263 e. The molecule has 4 aliphatic rings. The SMILES string of the molecule is CC(=O)c1c(C)c2cnc(Nc3ccc(N4CCN(CCC5CCN(c6ccc([C@@]7(C)CCC(=O)NC7=O)cc6)CC5)CC4)cn3)nc2n(C2CCCC2)c1=O. The minimum Gasteiger partial charge on any atom is -0.372 e. The van der Waals surface area contributed by atoms with Gasteiger partial charge in [-0.3, -0.25) is 34.0 Å². The van der Waals surface area contributed by atoms with E-state index in [1.54, 1.807) is 17.7 Å². The zero-order valence-electron chi connectivity index (χ0n) is 32.9. The first-order valence-corrected chi connectivity index (χ1v) is 20.4. The van der Waals surface area contributed by atoms with Crippen LogP contribution >= 0.6 is 0 Å². The highest BCUT2D eigenvalue weighted by Crippen LogP contribution is 2.35. The Morgan fingerprint density at radius 1 is 0.875 bits per heavy atom. The Labute approximate surface area is 327 Å². The van der Waals surface area contributed by atoms with Crippen molar-refractivity contribution in [2.45, 2.75) is 90.0 Å². The minimum absolute atomic E-state index is 0.0262. The number of rotatable bonds is 10. The quantitative estimate of drug-likeness (QED) is 0.152. The topological polar surface area (TPSA) is 146 Å². The number of piperazine rings is 1. The van der Waals surface area contributed by atoms with Gasteiger partial charge in [-0.15, -0.1) is 0 Å². The van der Waals surface area contributed by atoms with Crippen molar-refractivity contribution in [3.05, 3.63) is 75.8 Å². The van der Waals surface area contributed by atoms with E-state index in [4.69, 9.17) is 4.98 Å². The number of hydrogen-bond donors (Lipinski definition) is 2. The Morgan fingerprint density at radius 2 is 1.57 bits per heavy atom. The van der Waals surface area contributed by atoms with Gasteiger partial charge >= 0.3 is 0 Å². The van der Waals surface area contributed by atoms with Crippen LogP contribution in [0, 0.1) is 12.8 Å². The number of aryl methyl sites for hydroxylation is 1. The number of carbonyl (C=O) groups is 3. The van der Waals surface area contributed by atoms with Crippen LogP contribution in [0.3, 0.4) is 0 Å². The fraction of sp³-hybridized carbons (Fsp3) is 0.512. The van der Waals surface area contributed by atoms with Crippen LogP contribution in [-0.2, 0) is 15.0 Å². The summed E-state index contributed by atoms with van der Waals surface area (Å²) in [4.78, 5) is 71.8. The molecule has 4 fully saturated rings. The van der Waals surface area contributed by atoms with Crippen LogP contribution < -0.4 is 26.0 Å². The Bertz CT molecular complexity index is 2160. The largest absolute Gasteiger partial charge is 0.372 e. The van der Waals surface area contributed by atoms with Crippen molar-refractivity contribution < 1.29 is 14.4 Å².